The molecule has 1 aliphatic rings. The van der Waals surface area contributed by atoms with Crippen molar-refractivity contribution < 1.29 is 23.1 Å². The first kappa shape index (κ1) is 26.9. The van der Waals surface area contributed by atoms with Gasteiger partial charge in [-0.2, -0.15) is 8.78 Å². The van der Waals surface area contributed by atoms with E-state index in [-0.39, 0.29) is 11.5 Å². The fourth-order valence-corrected chi connectivity index (χ4v) is 4.08. The first-order valence-electron chi connectivity index (χ1n) is 11.6. The van der Waals surface area contributed by atoms with Crippen LogP contribution >= 0.6 is 11.6 Å². The van der Waals surface area contributed by atoms with Crippen molar-refractivity contribution in [3.63, 3.8) is 0 Å². The quantitative estimate of drug-likeness (QED) is 0.563. The van der Waals surface area contributed by atoms with Crippen LogP contribution in [0.2, 0.25) is 5.02 Å². The normalized spacial score (nSPS) is 16.0. The fourth-order valence-electron chi connectivity index (χ4n) is 3.96. The Balaban J connectivity index is 1.55. The predicted octanol–water partition coefficient (Wildman–Crippen LogP) is 5.19. The summed E-state index contributed by atoms with van der Waals surface area (Å²) in [6.45, 7) is 6.35. The number of alkyl halides is 2. The molecule has 2 aromatic carbocycles. The summed E-state index contributed by atoms with van der Waals surface area (Å²) in [5, 5.41) is 3.31. The van der Waals surface area contributed by atoms with Crippen molar-refractivity contribution in [3.8, 4) is 11.1 Å². The van der Waals surface area contributed by atoms with E-state index in [1.165, 1.54) is 17.0 Å². The van der Waals surface area contributed by atoms with Gasteiger partial charge in [-0.1, -0.05) is 48.0 Å². The third-order valence-corrected chi connectivity index (χ3v) is 6.22. The van der Waals surface area contributed by atoms with Crippen LogP contribution in [0.3, 0.4) is 0 Å². The zero-order chi connectivity index (χ0) is 25.8. The Morgan fingerprint density at radius 2 is 1.57 bits per heavy atom. The molecule has 3 N–H and O–H groups in total. The number of hydrogen-bond acceptors (Lipinski definition) is 4. The SMILES string of the molecule is CC(C)(C)OC(=O)NCC1CCN(C(=O)C(N)C(F)(F)c2ccc(-c3ccc(Cl)cc3)cc2)CC1. The first-order chi connectivity index (χ1) is 16.4. The Morgan fingerprint density at radius 3 is 2.09 bits per heavy atom. The van der Waals surface area contributed by atoms with E-state index in [0.29, 0.717) is 37.5 Å². The van der Waals surface area contributed by atoms with Gasteiger partial charge in [0.1, 0.15) is 5.60 Å². The van der Waals surface area contributed by atoms with E-state index in [2.05, 4.69) is 5.32 Å². The highest BCUT2D eigenvalue weighted by Crippen LogP contribution is 2.34. The molecule has 1 atom stereocenters. The van der Waals surface area contributed by atoms with Gasteiger partial charge in [0.2, 0.25) is 5.91 Å². The summed E-state index contributed by atoms with van der Waals surface area (Å²) in [6.07, 6.45) is 0.658. The molecule has 0 spiro atoms. The summed E-state index contributed by atoms with van der Waals surface area (Å²) in [7, 11) is 0. The Morgan fingerprint density at radius 1 is 1.06 bits per heavy atom. The Bertz CT molecular complexity index is 1020. The van der Waals surface area contributed by atoms with Gasteiger partial charge in [-0.15, -0.1) is 0 Å². The van der Waals surface area contributed by atoms with Crippen LogP contribution < -0.4 is 11.1 Å². The van der Waals surface area contributed by atoms with E-state index < -0.39 is 29.6 Å². The second kappa shape index (κ2) is 10.9. The van der Waals surface area contributed by atoms with Crippen molar-refractivity contribution >= 4 is 23.6 Å². The third-order valence-electron chi connectivity index (χ3n) is 5.96. The van der Waals surface area contributed by atoms with Gasteiger partial charge in [0.05, 0.1) is 0 Å². The number of nitrogens with two attached hydrogens (primary N) is 1. The van der Waals surface area contributed by atoms with Crippen LogP contribution in [0.15, 0.2) is 48.5 Å². The highest BCUT2D eigenvalue weighted by molar-refractivity contribution is 6.30. The monoisotopic (exact) mass is 507 g/mol. The van der Waals surface area contributed by atoms with Crippen molar-refractivity contribution in [3.05, 3.63) is 59.1 Å². The van der Waals surface area contributed by atoms with Gasteiger partial charge < -0.3 is 20.7 Å². The maximum atomic E-state index is 15.1. The smallest absolute Gasteiger partial charge is 0.407 e. The van der Waals surface area contributed by atoms with Crippen molar-refractivity contribution in [2.24, 2.45) is 11.7 Å². The molecule has 9 heteroatoms. The molecule has 0 aliphatic carbocycles. The topological polar surface area (TPSA) is 84.7 Å². The number of nitrogens with zero attached hydrogens (tertiary/aromatic N) is 1. The minimum atomic E-state index is -3.52. The largest absolute Gasteiger partial charge is 0.444 e. The summed E-state index contributed by atoms with van der Waals surface area (Å²) < 4.78 is 35.4. The Hall–Kier alpha value is -2.71. The Kier molecular flexibility index (Phi) is 8.38. The number of piperidine rings is 1. The zero-order valence-corrected chi connectivity index (χ0v) is 20.9. The third kappa shape index (κ3) is 7.15. The van der Waals surface area contributed by atoms with Crippen LogP contribution in [-0.2, 0) is 15.5 Å². The lowest BCUT2D eigenvalue weighted by molar-refractivity contribution is -0.144. The molecule has 0 saturated carbocycles. The lowest BCUT2D eigenvalue weighted by Crippen LogP contribution is -2.54. The molecule has 3 rings (SSSR count). The lowest BCUT2D eigenvalue weighted by Gasteiger charge is -2.35. The number of carbonyl (C=O) groups is 2. The van der Waals surface area contributed by atoms with Gasteiger partial charge in [0.25, 0.3) is 5.92 Å². The number of alkyl carbamates (subject to hydrolysis) is 1. The lowest BCUT2D eigenvalue weighted by atomic mass is 9.94. The molecule has 6 nitrogen and oxygen atoms in total. The van der Waals surface area contributed by atoms with Gasteiger partial charge in [0, 0.05) is 30.2 Å². The molecule has 0 bridgehead atoms. The number of amides is 2. The molecule has 1 unspecified atom stereocenters. The highest BCUT2D eigenvalue weighted by Gasteiger charge is 2.45. The summed E-state index contributed by atoms with van der Waals surface area (Å²) in [5.74, 6) is -4.18. The van der Waals surface area contributed by atoms with Crippen LogP contribution in [-0.4, -0.2) is 48.2 Å². The average Bonchev–Trinajstić information content (AvgIpc) is 2.81. The molecule has 190 valence electrons. The number of likely N-dealkylation sites (tertiary alicyclic amines) is 1. The van der Waals surface area contributed by atoms with Crippen LogP contribution in [0, 0.1) is 5.92 Å². The fraction of sp³-hybridized carbons (Fsp3) is 0.462. The van der Waals surface area contributed by atoms with Gasteiger partial charge >= 0.3 is 6.09 Å². The molecule has 1 saturated heterocycles. The number of nitrogens with one attached hydrogen (secondary N) is 1. The van der Waals surface area contributed by atoms with E-state index in [0.717, 1.165) is 11.1 Å². The van der Waals surface area contributed by atoms with Crippen LogP contribution in [0.5, 0.6) is 0 Å². The molecular weight excluding hydrogens is 476 g/mol. The molecule has 1 fully saturated rings. The number of carbonyl (C=O) groups excluding carboxylic acids is 2. The van der Waals surface area contributed by atoms with Crippen LogP contribution in [0.25, 0.3) is 11.1 Å². The van der Waals surface area contributed by atoms with E-state index in [1.54, 1.807) is 57.2 Å². The highest BCUT2D eigenvalue weighted by atomic mass is 35.5. The van der Waals surface area contributed by atoms with Gasteiger partial charge in [-0.05, 0) is 62.8 Å². The molecular formula is C26H32ClF2N3O3. The van der Waals surface area contributed by atoms with Crippen LogP contribution in [0.1, 0.15) is 39.2 Å². The van der Waals surface area contributed by atoms with Crippen molar-refractivity contribution in [1.82, 2.24) is 10.2 Å². The number of rotatable bonds is 6. The molecule has 1 aliphatic heterocycles. The molecule has 2 amide bonds. The average molecular weight is 508 g/mol. The van der Waals surface area contributed by atoms with Gasteiger partial charge in [-0.3, -0.25) is 4.79 Å². The van der Waals surface area contributed by atoms with Crippen molar-refractivity contribution in [1.29, 1.82) is 0 Å². The summed E-state index contributed by atoms with van der Waals surface area (Å²) >= 11 is 5.90. The first-order valence-corrected chi connectivity index (χ1v) is 12.0. The minimum Gasteiger partial charge on any atom is -0.444 e. The van der Waals surface area contributed by atoms with Gasteiger partial charge in [0.15, 0.2) is 6.04 Å². The Labute approximate surface area is 209 Å². The van der Waals surface area contributed by atoms with Crippen molar-refractivity contribution in [2.45, 2.75) is 51.2 Å². The van der Waals surface area contributed by atoms with E-state index in [1.807, 2.05) is 0 Å². The second-order valence-electron chi connectivity index (χ2n) is 9.84. The summed E-state index contributed by atoms with van der Waals surface area (Å²) in [6, 6.07) is 10.8. The predicted molar refractivity (Wildman–Crippen MR) is 132 cm³/mol. The van der Waals surface area contributed by atoms with Crippen LogP contribution in [0.4, 0.5) is 13.6 Å². The second-order valence-corrected chi connectivity index (χ2v) is 10.3. The number of halogens is 3. The summed E-state index contributed by atoms with van der Waals surface area (Å²) in [4.78, 5) is 26.0. The molecule has 2 aromatic rings. The standard InChI is InChI=1S/C26H32ClF2N3O3/c1-25(2,3)35-24(34)31-16-17-12-14-32(15-13-17)23(33)22(30)26(28,29)20-8-4-18(5-9-20)19-6-10-21(27)11-7-19/h4-11,17,22H,12-16,30H2,1-3H3,(H,31,34). The maximum Gasteiger partial charge on any atom is 0.407 e. The van der Waals surface area contributed by atoms with E-state index in [9.17, 15) is 9.59 Å². The van der Waals surface area contributed by atoms with Gasteiger partial charge in [-0.25, -0.2) is 4.79 Å². The van der Waals surface area contributed by atoms with E-state index in [4.69, 9.17) is 22.1 Å². The summed E-state index contributed by atoms with van der Waals surface area (Å²) in [5.41, 5.74) is 6.48. The number of benzene rings is 2. The van der Waals surface area contributed by atoms with Crippen molar-refractivity contribution in [2.75, 3.05) is 19.6 Å². The molecule has 0 radical (unpaired) electrons. The zero-order valence-electron chi connectivity index (χ0n) is 20.2. The van der Waals surface area contributed by atoms with E-state index >= 15 is 8.78 Å². The maximum absolute atomic E-state index is 15.1. The minimum absolute atomic E-state index is 0.128. The molecule has 0 aromatic heterocycles. The number of ether oxygens (including phenoxy) is 1. The molecule has 35 heavy (non-hydrogen) atoms. The number of hydrogen-bond donors (Lipinski definition) is 2. The molecule has 1 heterocycles.